The average molecular weight is 357 g/mol. The molecule has 0 saturated carbocycles. The van der Waals surface area contributed by atoms with E-state index < -0.39 is 5.91 Å². The first-order chi connectivity index (χ1) is 12.6. The molecule has 2 aromatic rings. The molecule has 0 bridgehead atoms. The summed E-state index contributed by atoms with van der Waals surface area (Å²) in [6.07, 6.45) is 2.71. The third-order valence-corrected chi connectivity index (χ3v) is 3.66. The molecule has 3 N–H and O–H groups in total. The lowest BCUT2D eigenvalue weighted by Gasteiger charge is -2.04. The molecule has 2 rings (SSSR count). The molecule has 6 nitrogen and oxygen atoms in total. The van der Waals surface area contributed by atoms with Crippen molar-refractivity contribution >= 4 is 18.0 Å². The molecule has 0 heterocycles. The lowest BCUT2D eigenvalue weighted by Crippen LogP contribution is -2.19. The van der Waals surface area contributed by atoms with Crippen LogP contribution in [0.3, 0.4) is 0 Å². The lowest BCUT2D eigenvalue weighted by atomic mass is 10.0. The summed E-state index contributed by atoms with van der Waals surface area (Å²) in [4.78, 5) is 22.4. The molecule has 26 heavy (non-hydrogen) atoms. The number of carbonyl (C=O) groups is 2. The van der Waals surface area contributed by atoms with Crippen molar-refractivity contribution < 1.29 is 19.2 Å². The second kappa shape index (κ2) is 10.0. The third kappa shape index (κ3) is 6.10. The standard InChI is InChI=1S/C19H20FN3O3/c20-17-12-14(10-11-16(17)15-6-2-1-3-7-15)13-21-22-18(24)8-4-5-9-19(25)23-26/h1-3,6-7,10-13,26H,4-5,8-9H2,(H,22,24)(H,23,25)/b21-13+. The second-order valence-electron chi connectivity index (χ2n) is 5.64. The Bertz CT molecular complexity index is 779. The normalized spacial score (nSPS) is 10.7. The van der Waals surface area contributed by atoms with Gasteiger partial charge in [0.2, 0.25) is 11.8 Å². The van der Waals surface area contributed by atoms with Gasteiger partial charge in [-0.3, -0.25) is 14.8 Å². The van der Waals surface area contributed by atoms with Crippen LogP contribution in [0.4, 0.5) is 4.39 Å². The van der Waals surface area contributed by atoms with Crippen LogP contribution >= 0.6 is 0 Å². The molecular weight excluding hydrogens is 337 g/mol. The van der Waals surface area contributed by atoms with Gasteiger partial charge in [0.25, 0.3) is 0 Å². The Labute approximate surface area is 150 Å². The fourth-order valence-corrected chi connectivity index (χ4v) is 2.33. The van der Waals surface area contributed by atoms with Gasteiger partial charge in [0, 0.05) is 18.4 Å². The summed E-state index contributed by atoms with van der Waals surface area (Å²) in [6, 6.07) is 13.9. The Morgan fingerprint density at radius 2 is 1.73 bits per heavy atom. The summed E-state index contributed by atoms with van der Waals surface area (Å²) in [5.41, 5.74) is 5.71. The number of hydroxylamine groups is 1. The highest BCUT2D eigenvalue weighted by molar-refractivity contribution is 5.83. The highest BCUT2D eigenvalue weighted by Gasteiger charge is 2.05. The number of halogens is 1. The van der Waals surface area contributed by atoms with E-state index in [1.165, 1.54) is 17.8 Å². The number of carbonyl (C=O) groups excluding carboxylic acids is 2. The van der Waals surface area contributed by atoms with E-state index >= 15 is 0 Å². The monoisotopic (exact) mass is 357 g/mol. The number of rotatable bonds is 8. The summed E-state index contributed by atoms with van der Waals surface area (Å²) in [6.45, 7) is 0. The van der Waals surface area contributed by atoms with Crippen molar-refractivity contribution in [3.8, 4) is 11.1 Å². The maximum Gasteiger partial charge on any atom is 0.243 e. The molecule has 0 aliphatic carbocycles. The first-order valence-electron chi connectivity index (χ1n) is 8.20. The number of amides is 2. The molecule has 0 aromatic heterocycles. The number of benzene rings is 2. The van der Waals surface area contributed by atoms with Crippen molar-refractivity contribution in [3.05, 3.63) is 59.9 Å². The van der Waals surface area contributed by atoms with Gasteiger partial charge in [0.15, 0.2) is 0 Å². The van der Waals surface area contributed by atoms with Gasteiger partial charge in [-0.1, -0.05) is 42.5 Å². The SMILES string of the molecule is O=C(CCCCC(=O)N/N=C/c1ccc(-c2ccccc2)c(F)c1)NO. The Morgan fingerprint density at radius 3 is 2.38 bits per heavy atom. The van der Waals surface area contributed by atoms with Crippen molar-refractivity contribution in [2.24, 2.45) is 5.10 Å². The van der Waals surface area contributed by atoms with Gasteiger partial charge in [0.1, 0.15) is 5.82 Å². The fraction of sp³-hybridized carbons (Fsp3) is 0.211. The molecule has 0 aliphatic heterocycles. The quantitative estimate of drug-likeness (QED) is 0.294. The van der Waals surface area contributed by atoms with Crippen molar-refractivity contribution in [2.75, 3.05) is 0 Å². The van der Waals surface area contributed by atoms with Gasteiger partial charge in [-0.2, -0.15) is 5.10 Å². The minimum atomic E-state index is -0.482. The highest BCUT2D eigenvalue weighted by Crippen LogP contribution is 2.22. The van der Waals surface area contributed by atoms with Crippen LogP contribution in [0.25, 0.3) is 11.1 Å². The highest BCUT2D eigenvalue weighted by atomic mass is 19.1. The molecule has 0 fully saturated rings. The Balaban J connectivity index is 1.82. The average Bonchev–Trinajstić information content (AvgIpc) is 2.66. The van der Waals surface area contributed by atoms with E-state index in [1.54, 1.807) is 12.1 Å². The van der Waals surface area contributed by atoms with Crippen LogP contribution in [0.15, 0.2) is 53.6 Å². The van der Waals surface area contributed by atoms with Crippen LogP contribution in [0.1, 0.15) is 31.2 Å². The third-order valence-electron chi connectivity index (χ3n) is 3.66. The van der Waals surface area contributed by atoms with Crippen LogP contribution in [0.5, 0.6) is 0 Å². The maximum absolute atomic E-state index is 14.2. The zero-order valence-electron chi connectivity index (χ0n) is 14.1. The van der Waals surface area contributed by atoms with Crippen LogP contribution in [-0.2, 0) is 9.59 Å². The molecule has 0 unspecified atom stereocenters. The Hall–Kier alpha value is -3.06. The van der Waals surface area contributed by atoms with Gasteiger partial charge in [-0.05, 0) is 30.0 Å². The predicted octanol–water partition coefficient (Wildman–Crippen LogP) is 3.01. The number of hydrogen-bond donors (Lipinski definition) is 3. The van der Waals surface area contributed by atoms with Gasteiger partial charge in [0.05, 0.1) is 6.21 Å². The minimum Gasteiger partial charge on any atom is -0.289 e. The maximum atomic E-state index is 14.2. The number of nitrogens with zero attached hydrogens (tertiary/aromatic N) is 1. The van der Waals surface area contributed by atoms with Crippen molar-refractivity contribution in [1.82, 2.24) is 10.9 Å². The number of hydrogen-bond acceptors (Lipinski definition) is 4. The van der Waals surface area contributed by atoms with E-state index in [-0.39, 0.29) is 24.6 Å². The second-order valence-corrected chi connectivity index (χ2v) is 5.64. The number of unbranched alkanes of at least 4 members (excludes halogenated alkanes) is 1. The zero-order valence-corrected chi connectivity index (χ0v) is 14.1. The van der Waals surface area contributed by atoms with Gasteiger partial charge >= 0.3 is 0 Å². The zero-order chi connectivity index (χ0) is 18.8. The Morgan fingerprint density at radius 1 is 1.04 bits per heavy atom. The molecule has 2 amide bonds. The van der Waals surface area contributed by atoms with E-state index in [1.807, 2.05) is 30.3 Å². The van der Waals surface area contributed by atoms with Gasteiger partial charge in [-0.15, -0.1) is 0 Å². The largest absolute Gasteiger partial charge is 0.289 e. The molecule has 2 aromatic carbocycles. The van der Waals surface area contributed by atoms with Crippen molar-refractivity contribution in [2.45, 2.75) is 25.7 Å². The molecule has 0 radical (unpaired) electrons. The first-order valence-corrected chi connectivity index (χ1v) is 8.20. The summed E-state index contributed by atoms with van der Waals surface area (Å²) < 4.78 is 14.2. The molecule has 0 aliphatic rings. The number of hydrazone groups is 1. The fourth-order valence-electron chi connectivity index (χ4n) is 2.33. The molecule has 136 valence electrons. The van der Waals surface area contributed by atoms with Crippen LogP contribution in [0.2, 0.25) is 0 Å². The van der Waals surface area contributed by atoms with E-state index in [0.29, 0.717) is 24.0 Å². The molecule has 7 heteroatoms. The van der Waals surface area contributed by atoms with Crippen molar-refractivity contribution in [1.29, 1.82) is 0 Å². The molecule has 0 spiro atoms. The summed E-state index contributed by atoms with van der Waals surface area (Å²) in [5, 5.41) is 12.1. The summed E-state index contributed by atoms with van der Waals surface area (Å²) >= 11 is 0. The number of nitrogens with one attached hydrogen (secondary N) is 2. The van der Waals surface area contributed by atoms with E-state index in [2.05, 4.69) is 10.5 Å². The Kier molecular flexibility index (Phi) is 7.45. The van der Waals surface area contributed by atoms with Crippen LogP contribution in [0, 0.1) is 5.82 Å². The van der Waals surface area contributed by atoms with Gasteiger partial charge in [-0.25, -0.2) is 15.3 Å². The molecular formula is C19H20FN3O3. The first kappa shape index (κ1) is 19.3. The topological polar surface area (TPSA) is 90.8 Å². The summed E-state index contributed by atoms with van der Waals surface area (Å²) in [5.74, 6) is -1.15. The molecule has 0 atom stereocenters. The van der Waals surface area contributed by atoms with E-state index in [4.69, 9.17) is 5.21 Å². The van der Waals surface area contributed by atoms with E-state index in [9.17, 15) is 14.0 Å². The minimum absolute atomic E-state index is 0.153. The predicted molar refractivity (Wildman–Crippen MR) is 96.0 cm³/mol. The van der Waals surface area contributed by atoms with Crippen LogP contribution < -0.4 is 10.9 Å². The van der Waals surface area contributed by atoms with Crippen molar-refractivity contribution in [3.63, 3.8) is 0 Å². The van der Waals surface area contributed by atoms with Crippen LogP contribution in [-0.4, -0.2) is 23.2 Å². The molecule has 0 saturated heterocycles. The summed E-state index contributed by atoms with van der Waals surface area (Å²) in [7, 11) is 0. The van der Waals surface area contributed by atoms with Gasteiger partial charge < -0.3 is 0 Å². The van der Waals surface area contributed by atoms with E-state index in [0.717, 1.165) is 5.56 Å². The smallest absolute Gasteiger partial charge is 0.243 e. The lowest BCUT2D eigenvalue weighted by molar-refractivity contribution is -0.129.